The lowest BCUT2D eigenvalue weighted by Gasteiger charge is -2.30. The van der Waals surface area contributed by atoms with Crippen LogP contribution < -0.4 is 26.6 Å². The second-order valence-corrected chi connectivity index (χ2v) is 14.2. The Morgan fingerprint density at radius 2 is 1.04 bits per heavy atom. The molecule has 1 aromatic carbocycles. The van der Waals surface area contributed by atoms with Crippen molar-refractivity contribution in [3.05, 3.63) is 35.9 Å². The monoisotopic (exact) mass is 625 g/mol. The zero-order valence-electron chi connectivity index (χ0n) is 28.0. The molecule has 1 aliphatic heterocycles. The summed E-state index contributed by atoms with van der Waals surface area (Å²) in [6.45, 7) is 11.5. The van der Waals surface area contributed by atoms with Crippen molar-refractivity contribution in [3.63, 3.8) is 0 Å². The van der Waals surface area contributed by atoms with Gasteiger partial charge in [-0.2, -0.15) is 0 Å². The molecule has 0 unspecified atom stereocenters. The summed E-state index contributed by atoms with van der Waals surface area (Å²) in [5.41, 5.74) is 0.840. The van der Waals surface area contributed by atoms with Gasteiger partial charge in [-0.15, -0.1) is 0 Å². The molecule has 3 rings (SSSR count). The Bertz CT molecular complexity index is 1150. The van der Waals surface area contributed by atoms with E-state index < -0.39 is 59.7 Å². The zero-order valence-corrected chi connectivity index (χ0v) is 28.0. The first kappa shape index (κ1) is 36.0. The molecule has 5 N–H and O–H groups in total. The molecule has 1 aliphatic carbocycles. The Labute approximate surface area is 269 Å². The highest BCUT2D eigenvalue weighted by atomic mass is 16.2. The van der Waals surface area contributed by atoms with E-state index in [9.17, 15) is 24.0 Å². The highest BCUT2D eigenvalue weighted by Gasteiger charge is 2.36. The first-order chi connectivity index (χ1) is 21.3. The standard InChI is InChI=1S/C35H55N5O5/c1-21(2)17-26-31(41)38-29(20-25-15-11-8-12-16-25)34(44)40-30(23(5)6)35(45)39-27(18-22(3)4)32(42)37-28(33(43)36-26)19-24-13-9-7-10-14-24/h7,9-10,13-14,21-23,25-30H,8,11-12,15-20H2,1-6H3,(H,36,43)(H,37,42)(H,38,41)(H,39,45)(H,40,44)/t26-,27-,28-,29-,30+/m0/s1. The van der Waals surface area contributed by atoms with E-state index in [4.69, 9.17) is 0 Å². The third-order valence-corrected chi connectivity index (χ3v) is 8.77. The van der Waals surface area contributed by atoms with E-state index in [-0.39, 0.29) is 30.1 Å². The van der Waals surface area contributed by atoms with Gasteiger partial charge in [-0.1, -0.05) is 104 Å². The molecule has 0 spiro atoms. The van der Waals surface area contributed by atoms with E-state index in [1.807, 2.05) is 71.9 Å². The number of hydrogen-bond acceptors (Lipinski definition) is 5. The fourth-order valence-electron chi connectivity index (χ4n) is 6.32. The minimum atomic E-state index is -0.988. The van der Waals surface area contributed by atoms with Crippen molar-refractivity contribution >= 4 is 29.5 Å². The van der Waals surface area contributed by atoms with E-state index in [2.05, 4.69) is 26.6 Å². The molecule has 250 valence electrons. The minimum absolute atomic E-state index is 0.0637. The fraction of sp³-hybridized carbons (Fsp3) is 0.686. The highest BCUT2D eigenvalue weighted by Crippen LogP contribution is 2.27. The summed E-state index contributed by atoms with van der Waals surface area (Å²) < 4.78 is 0. The van der Waals surface area contributed by atoms with Crippen LogP contribution in [0.4, 0.5) is 0 Å². The van der Waals surface area contributed by atoms with Crippen LogP contribution in [0, 0.1) is 23.7 Å². The molecule has 0 radical (unpaired) electrons. The van der Waals surface area contributed by atoms with Gasteiger partial charge in [-0.05, 0) is 48.5 Å². The lowest BCUT2D eigenvalue weighted by atomic mass is 9.84. The highest BCUT2D eigenvalue weighted by molar-refractivity contribution is 5.98. The summed E-state index contributed by atoms with van der Waals surface area (Å²) in [5, 5.41) is 14.5. The van der Waals surface area contributed by atoms with Crippen LogP contribution >= 0.6 is 0 Å². The molecule has 1 aromatic rings. The van der Waals surface area contributed by atoms with Crippen molar-refractivity contribution in [1.82, 2.24) is 26.6 Å². The molecule has 0 aromatic heterocycles. The Kier molecular flexibility index (Phi) is 13.9. The average molecular weight is 626 g/mol. The van der Waals surface area contributed by atoms with Crippen LogP contribution in [0.2, 0.25) is 0 Å². The van der Waals surface area contributed by atoms with Gasteiger partial charge in [0.1, 0.15) is 30.2 Å². The van der Waals surface area contributed by atoms with Gasteiger partial charge in [0.15, 0.2) is 0 Å². The van der Waals surface area contributed by atoms with Gasteiger partial charge in [-0.25, -0.2) is 0 Å². The normalized spacial score (nSPS) is 26.4. The van der Waals surface area contributed by atoms with Crippen LogP contribution in [0.3, 0.4) is 0 Å². The summed E-state index contributed by atoms with van der Waals surface area (Å²) in [6.07, 6.45) is 6.63. The maximum Gasteiger partial charge on any atom is 0.243 e. The smallest absolute Gasteiger partial charge is 0.243 e. The van der Waals surface area contributed by atoms with Crippen LogP contribution in [0.5, 0.6) is 0 Å². The number of carbonyl (C=O) groups is 5. The van der Waals surface area contributed by atoms with Crippen molar-refractivity contribution in [1.29, 1.82) is 0 Å². The molecular formula is C35H55N5O5. The van der Waals surface area contributed by atoms with Crippen molar-refractivity contribution in [3.8, 4) is 0 Å². The maximum atomic E-state index is 13.9. The molecule has 1 saturated carbocycles. The summed E-state index contributed by atoms with van der Waals surface area (Å²) in [5.74, 6) is -2.21. The summed E-state index contributed by atoms with van der Waals surface area (Å²) >= 11 is 0. The van der Waals surface area contributed by atoms with Crippen molar-refractivity contribution in [2.24, 2.45) is 23.7 Å². The summed E-state index contributed by atoms with van der Waals surface area (Å²) in [7, 11) is 0. The number of rotatable bonds is 9. The predicted molar refractivity (Wildman–Crippen MR) is 175 cm³/mol. The molecule has 5 atom stereocenters. The molecule has 1 heterocycles. The summed E-state index contributed by atoms with van der Waals surface area (Å²) in [6, 6.07) is 4.75. The molecule has 10 nitrogen and oxygen atoms in total. The number of hydrogen-bond donors (Lipinski definition) is 5. The Morgan fingerprint density at radius 3 is 1.58 bits per heavy atom. The van der Waals surface area contributed by atoms with E-state index >= 15 is 0 Å². The topological polar surface area (TPSA) is 146 Å². The van der Waals surface area contributed by atoms with Crippen molar-refractivity contribution in [2.45, 2.75) is 130 Å². The Morgan fingerprint density at radius 1 is 0.578 bits per heavy atom. The molecule has 5 amide bonds. The largest absolute Gasteiger partial charge is 0.343 e. The minimum Gasteiger partial charge on any atom is -0.343 e. The van der Waals surface area contributed by atoms with E-state index in [1.54, 1.807) is 0 Å². The van der Waals surface area contributed by atoms with Crippen LogP contribution in [-0.2, 0) is 30.4 Å². The quantitative estimate of drug-likeness (QED) is 0.286. The molecule has 2 fully saturated rings. The molecule has 45 heavy (non-hydrogen) atoms. The lowest BCUT2D eigenvalue weighted by Crippen LogP contribution is -2.59. The maximum absolute atomic E-state index is 13.9. The zero-order chi connectivity index (χ0) is 33.1. The van der Waals surface area contributed by atoms with Gasteiger partial charge in [-0.3, -0.25) is 24.0 Å². The second kappa shape index (κ2) is 17.3. The number of amides is 5. The molecule has 0 bridgehead atoms. The van der Waals surface area contributed by atoms with Gasteiger partial charge in [0.25, 0.3) is 0 Å². The lowest BCUT2D eigenvalue weighted by molar-refractivity contribution is -0.135. The predicted octanol–water partition coefficient (Wildman–Crippen LogP) is 3.39. The van der Waals surface area contributed by atoms with Gasteiger partial charge in [0, 0.05) is 6.42 Å². The third-order valence-electron chi connectivity index (χ3n) is 8.77. The first-order valence-electron chi connectivity index (χ1n) is 16.9. The van der Waals surface area contributed by atoms with Crippen molar-refractivity contribution in [2.75, 3.05) is 0 Å². The molecule has 1 saturated heterocycles. The van der Waals surface area contributed by atoms with Crippen LogP contribution in [0.25, 0.3) is 0 Å². The average Bonchev–Trinajstić information content (AvgIpc) is 2.98. The van der Waals surface area contributed by atoms with Gasteiger partial charge < -0.3 is 26.6 Å². The molecular weight excluding hydrogens is 570 g/mol. The third kappa shape index (κ3) is 11.5. The van der Waals surface area contributed by atoms with Crippen LogP contribution in [0.15, 0.2) is 30.3 Å². The van der Waals surface area contributed by atoms with Crippen molar-refractivity contribution < 1.29 is 24.0 Å². The van der Waals surface area contributed by atoms with E-state index in [1.165, 1.54) is 0 Å². The Balaban J connectivity index is 2.04. The SMILES string of the molecule is CC(C)C[C@@H]1NC(=O)[C@H](Cc2ccccc2)NC(=O)[C@H](CC(C)C)NC(=O)[C@@H](C(C)C)NC(=O)[C@H](CC2CCCCC2)NC1=O. The van der Waals surface area contributed by atoms with Crippen LogP contribution in [-0.4, -0.2) is 59.7 Å². The van der Waals surface area contributed by atoms with Gasteiger partial charge >= 0.3 is 0 Å². The Hall–Kier alpha value is -3.43. The number of carbonyl (C=O) groups excluding carboxylic acids is 5. The first-order valence-corrected chi connectivity index (χ1v) is 16.9. The van der Waals surface area contributed by atoms with E-state index in [0.717, 1.165) is 37.7 Å². The second-order valence-electron chi connectivity index (χ2n) is 14.2. The van der Waals surface area contributed by atoms with Crippen LogP contribution in [0.1, 0.15) is 98.5 Å². The number of nitrogens with one attached hydrogen (secondary N) is 5. The van der Waals surface area contributed by atoms with E-state index in [0.29, 0.717) is 19.3 Å². The molecule has 10 heteroatoms. The van der Waals surface area contributed by atoms with Gasteiger partial charge in [0.2, 0.25) is 29.5 Å². The molecule has 2 aliphatic rings. The summed E-state index contributed by atoms with van der Waals surface area (Å²) in [4.78, 5) is 69.0. The number of benzene rings is 1. The van der Waals surface area contributed by atoms with Gasteiger partial charge in [0.05, 0.1) is 0 Å². The fourth-order valence-corrected chi connectivity index (χ4v) is 6.32.